The van der Waals surface area contributed by atoms with E-state index in [1.807, 2.05) is 6.07 Å². The molecule has 0 aliphatic carbocycles. The van der Waals surface area contributed by atoms with E-state index in [1.165, 1.54) is 37.9 Å². The highest BCUT2D eigenvalue weighted by molar-refractivity contribution is 5.40. The zero-order chi connectivity index (χ0) is 14.7. The van der Waals surface area contributed by atoms with E-state index in [0.29, 0.717) is 12.0 Å². The quantitative estimate of drug-likeness (QED) is 0.940. The number of rotatable bonds is 4. The molecule has 0 spiro atoms. The lowest BCUT2D eigenvalue weighted by Gasteiger charge is -2.33. The number of fused-ring (bicyclic) bond motifs is 1. The van der Waals surface area contributed by atoms with Crippen LogP contribution in [-0.4, -0.2) is 33.9 Å². The molecule has 21 heavy (non-hydrogen) atoms. The van der Waals surface area contributed by atoms with Gasteiger partial charge in [0.15, 0.2) is 0 Å². The fourth-order valence-corrected chi connectivity index (χ4v) is 3.63. The summed E-state index contributed by atoms with van der Waals surface area (Å²) >= 11 is 0. The average Bonchev–Trinajstić information content (AvgIpc) is 2.82. The first-order chi connectivity index (χ1) is 10.3. The Morgan fingerprint density at radius 2 is 2.24 bits per heavy atom. The molecule has 0 bridgehead atoms. The molecule has 1 aliphatic heterocycles. The van der Waals surface area contributed by atoms with Crippen molar-refractivity contribution in [1.29, 1.82) is 0 Å². The van der Waals surface area contributed by atoms with Crippen LogP contribution in [0.1, 0.15) is 44.3 Å². The van der Waals surface area contributed by atoms with Crippen molar-refractivity contribution in [3.8, 4) is 0 Å². The van der Waals surface area contributed by atoms with E-state index >= 15 is 0 Å². The van der Waals surface area contributed by atoms with E-state index in [2.05, 4.69) is 40.8 Å². The smallest absolute Gasteiger partial charge is 0.137 e. The summed E-state index contributed by atoms with van der Waals surface area (Å²) < 4.78 is 2.12. The van der Waals surface area contributed by atoms with Crippen molar-refractivity contribution >= 4 is 5.65 Å². The lowest BCUT2D eigenvalue weighted by Crippen LogP contribution is -2.36. The molecule has 1 aliphatic rings. The molecular formula is C17H26N4. The van der Waals surface area contributed by atoms with Gasteiger partial charge in [-0.1, -0.05) is 19.4 Å². The maximum absolute atomic E-state index is 6.09. The molecule has 0 saturated carbocycles. The monoisotopic (exact) mass is 286 g/mol. The van der Waals surface area contributed by atoms with Crippen LogP contribution in [-0.2, 0) is 0 Å². The summed E-state index contributed by atoms with van der Waals surface area (Å²) in [5.74, 6) is 0.518. The third-order valence-corrected chi connectivity index (χ3v) is 4.61. The van der Waals surface area contributed by atoms with Crippen LogP contribution < -0.4 is 5.73 Å². The minimum absolute atomic E-state index is 0.373. The Morgan fingerprint density at radius 3 is 3.00 bits per heavy atom. The van der Waals surface area contributed by atoms with Crippen LogP contribution in [0, 0.1) is 5.92 Å². The first kappa shape index (κ1) is 14.5. The maximum Gasteiger partial charge on any atom is 0.137 e. The predicted octanol–water partition coefficient (Wildman–Crippen LogP) is 2.85. The molecule has 2 unspecified atom stereocenters. The van der Waals surface area contributed by atoms with Gasteiger partial charge in [0.25, 0.3) is 0 Å². The van der Waals surface area contributed by atoms with Crippen LogP contribution in [0.3, 0.4) is 0 Å². The first-order valence-electron chi connectivity index (χ1n) is 8.21. The molecule has 1 fully saturated rings. The second kappa shape index (κ2) is 6.58. The molecular weight excluding hydrogens is 260 g/mol. The van der Waals surface area contributed by atoms with Gasteiger partial charge in [0.1, 0.15) is 5.65 Å². The predicted molar refractivity (Wildman–Crippen MR) is 86.2 cm³/mol. The number of nitrogens with zero attached hydrogens (tertiary/aromatic N) is 3. The molecule has 0 amide bonds. The molecule has 4 nitrogen and oxygen atoms in total. The minimum Gasteiger partial charge on any atom is -0.330 e. The van der Waals surface area contributed by atoms with Crippen molar-refractivity contribution < 1.29 is 0 Å². The standard InChI is InChI=1S/C17H26N4/c1-2-9-20-10-5-3-7-14(12-18)17(20)15-13-21-11-6-4-8-16(21)19-15/h4,6,8,11,13-14,17H,2-3,5,7,9-10,12,18H2,1H3. The van der Waals surface area contributed by atoms with Gasteiger partial charge in [-0.3, -0.25) is 4.90 Å². The lowest BCUT2D eigenvalue weighted by atomic mass is 9.92. The highest BCUT2D eigenvalue weighted by atomic mass is 15.2. The normalized spacial score (nSPS) is 24.3. The van der Waals surface area contributed by atoms with Crippen molar-refractivity contribution in [2.24, 2.45) is 11.7 Å². The fraction of sp³-hybridized carbons (Fsp3) is 0.588. The third-order valence-electron chi connectivity index (χ3n) is 4.61. The number of pyridine rings is 1. The van der Waals surface area contributed by atoms with Crippen LogP contribution in [0.15, 0.2) is 30.6 Å². The number of imidazole rings is 1. The van der Waals surface area contributed by atoms with Gasteiger partial charge in [-0.05, 0) is 56.9 Å². The largest absolute Gasteiger partial charge is 0.330 e. The van der Waals surface area contributed by atoms with Crippen molar-refractivity contribution in [2.45, 2.75) is 38.6 Å². The molecule has 3 rings (SSSR count). The van der Waals surface area contributed by atoms with Crippen LogP contribution in [0.25, 0.3) is 5.65 Å². The summed E-state index contributed by atoms with van der Waals surface area (Å²) in [6.07, 6.45) is 9.23. The number of likely N-dealkylation sites (tertiary alicyclic amines) is 1. The topological polar surface area (TPSA) is 46.6 Å². The number of nitrogens with two attached hydrogens (primary N) is 1. The summed E-state index contributed by atoms with van der Waals surface area (Å²) in [6, 6.07) is 6.54. The van der Waals surface area contributed by atoms with E-state index < -0.39 is 0 Å². The summed E-state index contributed by atoms with van der Waals surface area (Å²) in [6.45, 7) is 5.31. The average molecular weight is 286 g/mol. The Balaban J connectivity index is 1.99. The van der Waals surface area contributed by atoms with Crippen molar-refractivity contribution in [2.75, 3.05) is 19.6 Å². The number of hydrogen-bond donors (Lipinski definition) is 1. The van der Waals surface area contributed by atoms with Gasteiger partial charge in [-0.15, -0.1) is 0 Å². The van der Waals surface area contributed by atoms with Gasteiger partial charge in [-0.2, -0.15) is 0 Å². The Kier molecular flexibility index (Phi) is 4.56. The molecule has 114 valence electrons. The lowest BCUT2D eigenvalue weighted by molar-refractivity contribution is 0.155. The Bertz CT molecular complexity index is 544. The van der Waals surface area contributed by atoms with E-state index in [-0.39, 0.29) is 0 Å². The van der Waals surface area contributed by atoms with Gasteiger partial charge in [0.05, 0.1) is 11.7 Å². The van der Waals surface area contributed by atoms with E-state index in [0.717, 1.165) is 18.7 Å². The van der Waals surface area contributed by atoms with Gasteiger partial charge in [0, 0.05) is 12.4 Å². The second-order valence-corrected chi connectivity index (χ2v) is 6.10. The molecule has 2 N–H and O–H groups in total. The maximum atomic E-state index is 6.09. The van der Waals surface area contributed by atoms with Crippen molar-refractivity contribution in [1.82, 2.24) is 14.3 Å². The van der Waals surface area contributed by atoms with Crippen molar-refractivity contribution in [3.63, 3.8) is 0 Å². The SMILES string of the molecule is CCCN1CCCCC(CN)C1c1cn2ccccc2n1. The van der Waals surface area contributed by atoms with Gasteiger partial charge in [0.2, 0.25) is 0 Å². The first-order valence-corrected chi connectivity index (χ1v) is 8.21. The summed E-state index contributed by atoms with van der Waals surface area (Å²) in [4.78, 5) is 7.48. The van der Waals surface area contributed by atoms with Gasteiger partial charge < -0.3 is 10.1 Å². The Labute approximate surface area is 127 Å². The highest BCUT2D eigenvalue weighted by Gasteiger charge is 2.31. The summed E-state index contributed by atoms with van der Waals surface area (Å²) in [7, 11) is 0. The highest BCUT2D eigenvalue weighted by Crippen LogP contribution is 2.34. The Morgan fingerprint density at radius 1 is 1.33 bits per heavy atom. The molecule has 1 saturated heterocycles. The molecule has 2 aromatic heterocycles. The van der Waals surface area contributed by atoms with Crippen LogP contribution in [0.5, 0.6) is 0 Å². The Hall–Kier alpha value is -1.39. The molecule has 4 heteroatoms. The molecule has 2 atom stereocenters. The zero-order valence-corrected chi connectivity index (χ0v) is 12.9. The van der Waals surface area contributed by atoms with Crippen LogP contribution in [0.2, 0.25) is 0 Å². The second-order valence-electron chi connectivity index (χ2n) is 6.10. The van der Waals surface area contributed by atoms with Crippen molar-refractivity contribution in [3.05, 3.63) is 36.3 Å². The molecule has 3 heterocycles. The van der Waals surface area contributed by atoms with E-state index in [1.54, 1.807) is 0 Å². The minimum atomic E-state index is 0.373. The number of hydrogen-bond acceptors (Lipinski definition) is 3. The molecule has 0 aromatic carbocycles. The number of aromatic nitrogens is 2. The summed E-state index contributed by atoms with van der Waals surface area (Å²) in [5.41, 5.74) is 8.31. The van der Waals surface area contributed by atoms with E-state index in [9.17, 15) is 0 Å². The van der Waals surface area contributed by atoms with Gasteiger partial charge in [-0.25, -0.2) is 4.98 Å². The molecule has 2 aromatic rings. The van der Waals surface area contributed by atoms with Crippen LogP contribution in [0.4, 0.5) is 0 Å². The van der Waals surface area contributed by atoms with E-state index in [4.69, 9.17) is 10.7 Å². The summed E-state index contributed by atoms with van der Waals surface area (Å²) in [5, 5.41) is 0. The third kappa shape index (κ3) is 2.97. The van der Waals surface area contributed by atoms with Gasteiger partial charge >= 0.3 is 0 Å². The van der Waals surface area contributed by atoms with Crippen LogP contribution >= 0.6 is 0 Å². The zero-order valence-electron chi connectivity index (χ0n) is 12.9. The fourth-order valence-electron chi connectivity index (χ4n) is 3.63. The molecule has 0 radical (unpaired) electrons.